The molecule has 0 aliphatic heterocycles. The first kappa shape index (κ1) is 10.7. The second-order valence-electron chi connectivity index (χ2n) is 3.18. The number of aliphatic hydroxyl groups is 1. The van der Waals surface area contributed by atoms with E-state index in [1.165, 1.54) is 0 Å². The molecule has 4 N–H and O–H groups in total. The largest absolute Gasteiger partial charge is 0.478 e. The van der Waals surface area contributed by atoms with Crippen LogP contribution < -0.4 is 5.73 Å². The van der Waals surface area contributed by atoms with Crippen molar-refractivity contribution in [1.82, 2.24) is 0 Å². The third-order valence-corrected chi connectivity index (χ3v) is 2.04. The number of carboxylic acids is 1. The summed E-state index contributed by atoms with van der Waals surface area (Å²) in [6, 6.07) is 4.33. The quantitative estimate of drug-likeness (QED) is 0.662. The zero-order valence-corrected chi connectivity index (χ0v) is 7.90. The fourth-order valence-electron chi connectivity index (χ4n) is 1.28. The van der Waals surface area contributed by atoms with Gasteiger partial charge in [0.05, 0.1) is 18.2 Å². The topological polar surface area (TPSA) is 83.5 Å². The highest BCUT2D eigenvalue weighted by molar-refractivity contribution is 5.89. The number of aromatic carboxylic acids is 1. The molecule has 0 aromatic heterocycles. The van der Waals surface area contributed by atoms with Crippen LogP contribution >= 0.6 is 0 Å². The Balaban J connectivity index is 3.21. The van der Waals surface area contributed by atoms with Gasteiger partial charge in [-0.25, -0.2) is 4.79 Å². The first-order chi connectivity index (χ1) is 6.56. The second-order valence-corrected chi connectivity index (χ2v) is 3.18. The van der Waals surface area contributed by atoms with Crippen molar-refractivity contribution in [2.45, 2.75) is 13.0 Å². The molecule has 1 aromatic rings. The molecule has 1 atom stereocenters. The molecule has 1 unspecified atom stereocenters. The number of nitrogens with two attached hydrogens (primary N) is 1. The van der Waals surface area contributed by atoms with Crippen molar-refractivity contribution in [3.63, 3.8) is 0 Å². The Morgan fingerprint density at radius 2 is 2.21 bits per heavy atom. The Bertz CT molecular complexity index is 349. The highest BCUT2D eigenvalue weighted by atomic mass is 16.4. The maximum Gasteiger partial charge on any atom is 0.336 e. The van der Waals surface area contributed by atoms with Crippen molar-refractivity contribution in [2.75, 3.05) is 6.61 Å². The maximum absolute atomic E-state index is 10.9. The van der Waals surface area contributed by atoms with Crippen LogP contribution in [0.15, 0.2) is 18.2 Å². The number of hydrogen-bond donors (Lipinski definition) is 3. The molecule has 0 spiro atoms. The van der Waals surface area contributed by atoms with E-state index in [0.717, 1.165) is 5.56 Å². The fourth-order valence-corrected chi connectivity index (χ4v) is 1.28. The minimum Gasteiger partial charge on any atom is -0.478 e. The van der Waals surface area contributed by atoms with Crippen molar-refractivity contribution < 1.29 is 15.0 Å². The molecule has 0 aliphatic carbocycles. The highest BCUT2D eigenvalue weighted by Crippen LogP contribution is 2.17. The number of benzene rings is 1. The van der Waals surface area contributed by atoms with Crippen LogP contribution in [0.25, 0.3) is 0 Å². The molecule has 14 heavy (non-hydrogen) atoms. The number of aliphatic hydroxyl groups excluding tert-OH is 1. The number of carboxylic acid groups (broad SMARTS) is 1. The van der Waals surface area contributed by atoms with Crippen molar-refractivity contribution in [3.8, 4) is 0 Å². The third kappa shape index (κ3) is 2.10. The van der Waals surface area contributed by atoms with Gasteiger partial charge in [-0.15, -0.1) is 0 Å². The summed E-state index contributed by atoms with van der Waals surface area (Å²) in [7, 11) is 0. The average Bonchev–Trinajstić information content (AvgIpc) is 2.16. The minimum absolute atomic E-state index is 0.159. The fraction of sp³-hybridized carbons (Fsp3) is 0.300. The van der Waals surface area contributed by atoms with Crippen LogP contribution in [-0.2, 0) is 0 Å². The van der Waals surface area contributed by atoms with E-state index in [-0.39, 0.29) is 12.2 Å². The van der Waals surface area contributed by atoms with Crippen molar-refractivity contribution in [2.24, 2.45) is 5.73 Å². The van der Waals surface area contributed by atoms with Crippen LogP contribution in [0.3, 0.4) is 0 Å². The van der Waals surface area contributed by atoms with Gasteiger partial charge in [-0.2, -0.15) is 0 Å². The molecule has 0 heterocycles. The lowest BCUT2D eigenvalue weighted by Crippen LogP contribution is -2.18. The highest BCUT2D eigenvalue weighted by Gasteiger charge is 2.14. The molecule has 1 rings (SSSR count). The second kappa shape index (κ2) is 4.21. The van der Waals surface area contributed by atoms with E-state index in [1.807, 2.05) is 0 Å². The molecule has 0 saturated heterocycles. The van der Waals surface area contributed by atoms with Gasteiger partial charge in [0, 0.05) is 0 Å². The van der Waals surface area contributed by atoms with Crippen LogP contribution in [0, 0.1) is 6.92 Å². The SMILES string of the molecule is Cc1ccc(C(N)CO)c(C(=O)O)c1. The molecule has 4 heteroatoms. The molecule has 4 nitrogen and oxygen atoms in total. The van der Waals surface area contributed by atoms with Crippen molar-refractivity contribution >= 4 is 5.97 Å². The number of carbonyl (C=O) groups is 1. The summed E-state index contributed by atoms with van der Waals surface area (Å²) in [6.07, 6.45) is 0. The summed E-state index contributed by atoms with van der Waals surface area (Å²) >= 11 is 0. The van der Waals surface area contributed by atoms with Crippen LogP contribution in [0.2, 0.25) is 0 Å². The van der Waals surface area contributed by atoms with E-state index in [9.17, 15) is 4.79 Å². The summed E-state index contributed by atoms with van der Waals surface area (Å²) in [4.78, 5) is 10.9. The molecular weight excluding hydrogens is 182 g/mol. The molecule has 0 amide bonds. The zero-order valence-electron chi connectivity index (χ0n) is 7.90. The lowest BCUT2D eigenvalue weighted by atomic mass is 9.99. The molecular formula is C10H13NO3. The molecule has 0 aliphatic rings. The maximum atomic E-state index is 10.9. The van der Waals surface area contributed by atoms with Gasteiger partial charge in [-0.3, -0.25) is 0 Å². The molecule has 0 fully saturated rings. The number of aryl methyl sites for hydroxylation is 1. The summed E-state index contributed by atoms with van der Waals surface area (Å²) in [5.41, 5.74) is 7.05. The van der Waals surface area contributed by atoms with Gasteiger partial charge in [0.1, 0.15) is 0 Å². The van der Waals surface area contributed by atoms with Crippen molar-refractivity contribution in [1.29, 1.82) is 0 Å². The monoisotopic (exact) mass is 195 g/mol. The predicted molar refractivity (Wildman–Crippen MR) is 52.2 cm³/mol. The van der Waals surface area contributed by atoms with E-state index in [4.69, 9.17) is 15.9 Å². The minimum atomic E-state index is -1.02. The van der Waals surface area contributed by atoms with Crippen LogP contribution in [0.5, 0.6) is 0 Å². The summed E-state index contributed by atoms with van der Waals surface area (Å²) in [5.74, 6) is -1.02. The van der Waals surface area contributed by atoms with Gasteiger partial charge in [-0.05, 0) is 18.6 Å². The molecule has 76 valence electrons. The number of rotatable bonds is 3. The summed E-state index contributed by atoms with van der Waals surface area (Å²) < 4.78 is 0. The van der Waals surface area contributed by atoms with Gasteiger partial charge >= 0.3 is 5.97 Å². The van der Waals surface area contributed by atoms with Gasteiger partial charge < -0.3 is 15.9 Å². The van der Waals surface area contributed by atoms with Gasteiger partial charge in [0.15, 0.2) is 0 Å². The average molecular weight is 195 g/mol. The zero-order chi connectivity index (χ0) is 10.7. The molecule has 1 aromatic carbocycles. The lowest BCUT2D eigenvalue weighted by Gasteiger charge is -2.12. The first-order valence-corrected chi connectivity index (χ1v) is 4.26. The molecule has 0 bridgehead atoms. The van der Waals surface area contributed by atoms with Gasteiger partial charge in [0.2, 0.25) is 0 Å². The smallest absolute Gasteiger partial charge is 0.336 e. The summed E-state index contributed by atoms with van der Waals surface area (Å²) in [5, 5.41) is 17.7. The van der Waals surface area contributed by atoms with E-state index >= 15 is 0 Å². The van der Waals surface area contributed by atoms with E-state index in [0.29, 0.717) is 5.56 Å². The standard InChI is InChI=1S/C10H13NO3/c1-6-2-3-7(9(11)5-12)8(4-6)10(13)14/h2-4,9,12H,5,11H2,1H3,(H,13,14). The Morgan fingerprint density at radius 1 is 1.57 bits per heavy atom. The van der Waals surface area contributed by atoms with Crippen molar-refractivity contribution in [3.05, 3.63) is 34.9 Å². The number of hydrogen-bond acceptors (Lipinski definition) is 3. The van der Waals surface area contributed by atoms with Gasteiger partial charge in [0.25, 0.3) is 0 Å². The first-order valence-electron chi connectivity index (χ1n) is 4.26. The predicted octanol–water partition coefficient (Wildman–Crippen LogP) is 0.685. The molecule has 0 saturated carbocycles. The van der Waals surface area contributed by atoms with Gasteiger partial charge in [-0.1, -0.05) is 17.7 Å². The Kier molecular flexibility index (Phi) is 3.22. The normalized spacial score (nSPS) is 12.5. The van der Waals surface area contributed by atoms with Crippen LogP contribution in [0.1, 0.15) is 27.5 Å². The summed E-state index contributed by atoms with van der Waals surface area (Å²) in [6.45, 7) is 1.55. The van der Waals surface area contributed by atoms with E-state index in [2.05, 4.69) is 0 Å². The lowest BCUT2D eigenvalue weighted by molar-refractivity contribution is 0.0694. The Labute approximate surface area is 82.0 Å². The van der Waals surface area contributed by atoms with Crippen LogP contribution in [-0.4, -0.2) is 22.8 Å². The third-order valence-electron chi connectivity index (χ3n) is 2.04. The van der Waals surface area contributed by atoms with E-state index < -0.39 is 12.0 Å². The molecule has 0 radical (unpaired) electrons. The Hall–Kier alpha value is -1.39. The van der Waals surface area contributed by atoms with E-state index in [1.54, 1.807) is 25.1 Å². The van der Waals surface area contributed by atoms with Crippen LogP contribution in [0.4, 0.5) is 0 Å². The Morgan fingerprint density at radius 3 is 2.71 bits per heavy atom.